The molecular weight excluding hydrogens is 300 g/mol. The molecule has 1 aromatic heterocycles. The second-order valence-corrected chi connectivity index (χ2v) is 5.98. The molecule has 0 saturated heterocycles. The Morgan fingerprint density at radius 2 is 2.12 bits per heavy atom. The largest absolute Gasteiger partial charge is 0.378 e. The second kappa shape index (κ2) is 8.96. The van der Waals surface area contributed by atoms with Crippen molar-refractivity contribution in [2.24, 2.45) is 4.99 Å². The van der Waals surface area contributed by atoms with Crippen LogP contribution < -0.4 is 15.5 Å². The van der Waals surface area contributed by atoms with E-state index in [-0.39, 0.29) is 0 Å². The number of rotatable bonds is 7. The molecule has 0 aliphatic carbocycles. The van der Waals surface area contributed by atoms with Crippen molar-refractivity contribution in [3.63, 3.8) is 0 Å². The number of hydrogen-bond acceptors (Lipinski definition) is 3. The first-order valence-corrected chi connectivity index (χ1v) is 8.29. The molecule has 2 aromatic rings. The highest BCUT2D eigenvalue weighted by molar-refractivity contribution is 5.79. The lowest BCUT2D eigenvalue weighted by molar-refractivity contribution is 0.570. The van der Waals surface area contributed by atoms with Crippen molar-refractivity contribution in [2.75, 3.05) is 32.6 Å². The van der Waals surface area contributed by atoms with E-state index in [4.69, 9.17) is 0 Å². The van der Waals surface area contributed by atoms with Crippen LogP contribution >= 0.6 is 0 Å². The van der Waals surface area contributed by atoms with Crippen LogP contribution in [0.15, 0.2) is 41.7 Å². The minimum atomic E-state index is 0.762. The molecule has 0 bridgehead atoms. The standard InChI is InChI=1S/C18H28N6/c1-15-13-17(23(3)4)8-7-16(15)14-21-18(19-2)20-9-5-11-24-12-6-10-22-24/h6-8,10,12-13H,5,9,11,14H2,1-4H3,(H2,19,20,21). The van der Waals surface area contributed by atoms with E-state index in [9.17, 15) is 0 Å². The number of aryl methyl sites for hydroxylation is 2. The van der Waals surface area contributed by atoms with Gasteiger partial charge in [-0.25, -0.2) is 0 Å². The zero-order valence-corrected chi connectivity index (χ0v) is 15.1. The number of nitrogens with zero attached hydrogens (tertiary/aromatic N) is 4. The van der Waals surface area contributed by atoms with Gasteiger partial charge in [0.05, 0.1) is 0 Å². The van der Waals surface area contributed by atoms with Crippen LogP contribution in [0.2, 0.25) is 0 Å². The Labute approximate surface area is 144 Å². The van der Waals surface area contributed by atoms with Crippen LogP contribution in [0.5, 0.6) is 0 Å². The lowest BCUT2D eigenvalue weighted by Gasteiger charge is -2.16. The third-order valence-corrected chi connectivity index (χ3v) is 3.93. The first-order valence-electron chi connectivity index (χ1n) is 8.29. The van der Waals surface area contributed by atoms with E-state index in [1.807, 2.05) is 16.9 Å². The summed E-state index contributed by atoms with van der Waals surface area (Å²) in [5.41, 5.74) is 3.78. The molecule has 0 radical (unpaired) electrons. The first kappa shape index (κ1) is 17.8. The van der Waals surface area contributed by atoms with Crippen LogP contribution in [0, 0.1) is 6.92 Å². The van der Waals surface area contributed by atoms with E-state index >= 15 is 0 Å². The molecule has 0 saturated carbocycles. The van der Waals surface area contributed by atoms with Crippen LogP contribution in [0.1, 0.15) is 17.5 Å². The molecule has 24 heavy (non-hydrogen) atoms. The zero-order valence-electron chi connectivity index (χ0n) is 15.1. The Kier molecular flexibility index (Phi) is 6.66. The summed E-state index contributed by atoms with van der Waals surface area (Å²) in [7, 11) is 5.91. The Hall–Kier alpha value is -2.50. The van der Waals surface area contributed by atoms with Crippen LogP contribution in [0.3, 0.4) is 0 Å². The summed E-state index contributed by atoms with van der Waals surface area (Å²) < 4.78 is 1.94. The molecule has 0 fully saturated rings. The molecule has 1 heterocycles. The van der Waals surface area contributed by atoms with Crippen LogP contribution in [-0.2, 0) is 13.1 Å². The normalized spacial score (nSPS) is 11.4. The average Bonchev–Trinajstić information content (AvgIpc) is 3.08. The van der Waals surface area contributed by atoms with E-state index < -0.39 is 0 Å². The number of hydrogen-bond donors (Lipinski definition) is 2. The minimum absolute atomic E-state index is 0.762. The smallest absolute Gasteiger partial charge is 0.191 e. The predicted molar refractivity (Wildman–Crippen MR) is 101 cm³/mol. The van der Waals surface area contributed by atoms with Crippen molar-refractivity contribution < 1.29 is 0 Å². The van der Waals surface area contributed by atoms with Gasteiger partial charge in [0.1, 0.15) is 0 Å². The van der Waals surface area contributed by atoms with Gasteiger partial charge in [0.15, 0.2) is 5.96 Å². The average molecular weight is 328 g/mol. The first-order chi connectivity index (χ1) is 11.6. The fraction of sp³-hybridized carbons (Fsp3) is 0.444. The summed E-state index contributed by atoms with van der Waals surface area (Å²) in [6.07, 6.45) is 4.78. The van der Waals surface area contributed by atoms with Gasteiger partial charge in [0, 0.05) is 58.9 Å². The lowest BCUT2D eigenvalue weighted by Crippen LogP contribution is -2.37. The van der Waals surface area contributed by atoms with Gasteiger partial charge >= 0.3 is 0 Å². The van der Waals surface area contributed by atoms with E-state index in [0.717, 1.165) is 32.0 Å². The predicted octanol–water partition coefficient (Wildman–Crippen LogP) is 2.01. The van der Waals surface area contributed by atoms with Gasteiger partial charge in [-0.15, -0.1) is 0 Å². The molecule has 6 nitrogen and oxygen atoms in total. The fourth-order valence-electron chi connectivity index (χ4n) is 2.44. The topological polar surface area (TPSA) is 57.5 Å². The van der Waals surface area contributed by atoms with E-state index in [0.29, 0.717) is 0 Å². The van der Waals surface area contributed by atoms with Crippen molar-refractivity contribution in [1.29, 1.82) is 0 Å². The van der Waals surface area contributed by atoms with E-state index in [2.05, 4.69) is 64.8 Å². The number of aromatic nitrogens is 2. The fourth-order valence-corrected chi connectivity index (χ4v) is 2.44. The summed E-state index contributed by atoms with van der Waals surface area (Å²) in [6, 6.07) is 8.46. The van der Waals surface area contributed by atoms with Gasteiger partial charge in [-0.1, -0.05) is 6.07 Å². The minimum Gasteiger partial charge on any atom is -0.378 e. The van der Waals surface area contributed by atoms with Crippen molar-refractivity contribution >= 4 is 11.6 Å². The zero-order chi connectivity index (χ0) is 17.4. The van der Waals surface area contributed by atoms with Crippen LogP contribution in [0.25, 0.3) is 0 Å². The van der Waals surface area contributed by atoms with E-state index in [1.165, 1.54) is 16.8 Å². The Morgan fingerprint density at radius 3 is 2.75 bits per heavy atom. The second-order valence-electron chi connectivity index (χ2n) is 5.98. The quantitative estimate of drug-likeness (QED) is 0.464. The summed E-state index contributed by atoms with van der Waals surface area (Å²) in [4.78, 5) is 6.39. The van der Waals surface area contributed by atoms with Gasteiger partial charge in [-0.05, 0) is 42.7 Å². The van der Waals surface area contributed by atoms with Gasteiger partial charge in [0.2, 0.25) is 0 Å². The van der Waals surface area contributed by atoms with Crippen molar-refractivity contribution in [3.05, 3.63) is 47.8 Å². The molecule has 0 aliphatic heterocycles. The summed E-state index contributed by atoms with van der Waals surface area (Å²) in [5, 5.41) is 10.9. The summed E-state index contributed by atoms with van der Waals surface area (Å²) >= 11 is 0. The van der Waals surface area contributed by atoms with Gasteiger partial charge in [-0.3, -0.25) is 9.67 Å². The maximum Gasteiger partial charge on any atom is 0.191 e. The Balaban J connectivity index is 1.77. The highest BCUT2D eigenvalue weighted by Crippen LogP contribution is 2.17. The maximum atomic E-state index is 4.28. The molecule has 130 valence electrons. The molecule has 0 aliphatic rings. The summed E-state index contributed by atoms with van der Waals surface area (Å²) in [5.74, 6) is 0.826. The number of nitrogens with one attached hydrogen (secondary N) is 2. The molecule has 1 aromatic carbocycles. The highest BCUT2D eigenvalue weighted by atomic mass is 15.3. The van der Waals surface area contributed by atoms with E-state index in [1.54, 1.807) is 13.2 Å². The molecule has 2 N–H and O–H groups in total. The van der Waals surface area contributed by atoms with Crippen molar-refractivity contribution in [2.45, 2.75) is 26.4 Å². The molecule has 6 heteroatoms. The van der Waals surface area contributed by atoms with Crippen LogP contribution in [0.4, 0.5) is 5.69 Å². The number of anilines is 1. The summed E-state index contributed by atoms with van der Waals surface area (Å²) in [6.45, 7) is 4.67. The molecule has 2 rings (SSSR count). The van der Waals surface area contributed by atoms with Crippen molar-refractivity contribution in [1.82, 2.24) is 20.4 Å². The molecular formula is C18H28N6. The molecule has 0 atom stereocenters. The van der Waals surface area contributed by atoms with Gasteiger partial charge in [0.25, 0.3) is 0 Å². The lowest BCUT2D eigenvalue weighted by atomic mass is 10.1. The molecule has 0 spiro atoms. The highest BCUT2D eigenvalue weighted by Gasteiger charge is 2.03. The third-order valence-electron chi connectivity index (χ3n) is 3.93. The molecule has 0 unspecified atom stereocenters. The third kappa shape index (κ3) is 5.30. The van der Waals surface area contributed by atoms with Crippen molar-refractivity contribution in [3.8, 4) is 0 Å². The molecule has 0 amide bonds. The Bertz CT molecular complexity index is 646. The number of guanidine groups is 1. The van der Waals surface area contributed by atoms with Crippen LogP contribution in [-0.4, -0.2) is 43.4 Å². The maximum absolute atomic E-state index is 4.28. The SMILES string of the molecule is CN=C(NCCCn1cccn1)NCc1ccc(N(C)C)cc1C. The van der Waals surface area contributed by atoms with Gasteiger partial charge < -0.3 is 15.5 Å². The number of aliphatic imine (C=N–C) groups is 1. The Morgan fingerprint density at radius 1 is 1.29 bits per heavy atom. The number of benzene rings is 1. The van der Waals surface area contributed by atoms with Gasteiger partial charge in [-0.2, -0.15) is 5.10 Å². The monoisotopic (exact) mass is 328 g/mol.